The summed E-state index contributed by atoms with van der Waals surface area (Å²) in [6, 6.07) is 21.8. The Balaban J connectivity index is 1.42. The fourth-order valence-electron chi connectivity index (χ4n) is 4.48. The number of piperazine rings is 1. The lowest BCUT2D eigenvalue weighted by Crippen LogP contribution is -2.52. The van der Waals surface area contributed by atoms with Crippen LogP contribution >= 0.6 is 0 Å². The van der Waals surface area contributed by atoms with Crippen LogP contribution < -0.4 is 9.80 Å². The molecule has 5 nitrogen and oxygen atoms in total. The molecule has 0 N–H and O–H groups in total. The fraction of sp³-hybridized carbons (Fsp3) is 0.269. The van der Waals surface area contributed by atoms with Gasteiger partial charge in [-0.05, 0) is 37.6 Å². The monoisotopic (exact) mass is 409 g/mol. The van der Waals surface area contributed by atoms with Crippen molar-refractivity contribution in [3.05, 3.63) is 89.9 Å². The third-order valence-corrected chi connectivity index (χ3v) is 6.13. The molecular weight excluding hydrogens is 382 g/mol. The van der Waals surface area contributed by atoms with E-state index < -0.39 is 0 Å². The minimum absolute atomic E-state index is 0.395. The van der Waals surface area contributed by atoms with E-state index in [0.29, 0.717) is 6.04 Å². The van der Waals surface area contributed by atoms with Gasteiger partial charge >= 0.3 is 0 Å². The van der Waals surface area contributed by atoms with E-state index in [0.717, 1.165) is 43.1 Å². The van der Waals surface area contributed by atoms with Crippen molar-refractivity contribution < 1.29 is 0 Å². The zero-order valence-corrected chi connectivity index (χ0v) is 18.1. The molecule has 0 amide bonds. The molecule has 1 atom stereocenters. The van der Waals surface area contributed by atoms with Gasteiger partial charge in [-0.15, -0.1) is 5.10 Å². The topological polar surface area (TPSA) is 45.2 Å². The van der Waals surface area contributed by atoms with Crippen LogP contribution in [0, 0.1) is 6.92 Å². The zero-order valence-electron chi connectivity index (χ0n) is 18.1. The van der Waals surface area contributed by atoms with E-state index in [1.165, 1.54) is 22.0 Å². The SMILES string of the molecule is Cc1ccc(N2CCN(c3nnc(Cc4cccnc4)c4ccccc34)CC2C)cc1. The van der Waals surface area contributed by atoms with Crippen molar-refractivity contribution in [3.63, 3.8) is 0 Å². The van der Waals surface area contributed by atoms with Crippen molar-refractivity contribution in [1.82, 2.24) is 15.2 Å². The predicted molar refractivity (Wildman–Crippen MR) is 127 cm³/mol. The van der Waals surface area contributed by atoms with Gasteiger partial charge in [-0.3, -0.25) is 4.98 Å². The zero-order chi connectivity index (χ0) is 21.2. The fourth-order valence-corrected chi connectivity index (χ4v) is 4.48. The molecular formula is C26H27N5. The molecule has 1 saturated heterocycles. The highest BCUT2D eigenvalue weighted by molar-refractivity contribution is 5.93. The van der Waals surface area contributed by atoms with E-state index >= 15 is 0 Å². The molecule has 5 heteroatoms. The molecule has 31 heavy (non-hydrogen) atoms. The van der Waals surface area contributed by atoms with E-state index in [2.05, 4.69) is 88.3 Å². The highest BCUT2D eigenvalue weighted by Crippen LogP contribution is 2.30. The summed E-state index contributed by atoms with van der Waals surface area (Å²) in [6.45, 7) is 7.25. The van der Waals surface area contributed by atoms with Gasteiger partial charge in [-0.25, -0.2) is 0 Å². The summed E-state index contributed by atoms with van der Waals surface area (Å²) in [5, 5.41) is 11.7. The first-order valence-corrected chi connectivity index (χ1v) is 10.9. The summed E-state index contributed by atoms with van der Waals surface area (Å²) in [5.74, 6) is 0.987. The van der Waals surface area contributed by atoms with E-state index in [-0.39, 0.29) is 0 Å². The summed E-state index contributed by atoms with van der Waals surface area (Å²) in [5.41, 5.74) is 4.73. The number of aryl methyl sites for hydroxylation is 1. The molecule has 4 aromatic rings. The summed E-state index contributed by atoms with van der Waals surface area (Å²) >= 11 is 0. The van der Waals surface area contributed by atoms with Gasteiger partial charge in [0.2, 0.25) is 0 Å². The van der Waals surface area contributed by atoms with Gasteiger partial charge in [0.1, 0.15) is 0 Å². The quantitative estimate of drug-likeness (QED) is 0.491. The van der Waals surface area contributed by atoms with Gasteiger partial charge in [-0.2, -0.15) is 5.10 Å². The summed E-state index contributed by atoms with van der Waals surface area (Å²) in [4.78, 5) is 9.11. The number of fused-ring (bicyclic) bond motifs is 1. The maximum atomic E-state index is 4.71. The molecule has 1 aliphatic rings. The average molecular weight is 410 g/mol. The Kier molecular flexibility index (Phi) is 5.24. The smallest absolute Gasteiger partial charge is 0.159 e. The lowest BCUT2D eigenvalue weighted by atomic mass is 10.0. The first kappa shape index (κ1) is 19.5. The highest BCUT2D eigenvalue weighted by Gasteiger charge is 2.26. The van der Waals surface area contributed by atoms with Gasteiger partial charge in [-0.1, -0.05) is 48.0 Å². The molecule has 3 heterocycles. The number of anilines is 2. The number of hydrogen-bond donors (Lipinski definition) is 0. The molecule has 0 spiro atoms. The third-order valence-electron chi connectivity index (χ3n) is 6.13. The number of rotatable bonds is 4. The Morgan fingerprint density at radius 3 is 2.45 bits per heavy atom. The molecule has 5 rings (SSSR count). The van der Waals surface area contributed by atoms with Gasteiger partial charge in [0.05, 0.1) is 5.69 Å². The molecule has 156 valence electrons. The first-order valence-electron chi connectivity index (χ1n) is 10.9. The van der Waals surface area contributed by atoms with Crippen molar-refractivity contribution >= 4 is 22.3 Å². The molecule has 1 fully saturated rings. The summed E-state index contributed by atoms with van der Waals surface area (Å²) < 4.78 is 0. The van der Waals surface area contributed by atoms with Gasteiger partial charge in [0.25, 0.3) is 0 Å². The third kappa shape index (κ3) is 3.96. The summed E-state index contributed by atoms with van der Waals surface area (Å²) in [7, 11) is 0. The lowest BCUT2D eigenvalue weighted by Gasteiger charge is -2.42. The molecule has 0 bridgehead atoms. The lowest BCUT2D eigenvalue weighted by molar-refractivity contribution is 0.546. The van der Waals surface area contributed by atoms with Crippen molar-refractivity contribution in [2.24, 2.45) is 0 Å². The Morgan fingerprint density at radius 2 is 1.71 bits per heavy atom. The van der Waals surface area contributed by atoms with Crippen LogP contribution in [0.25, 0.3) is 10.8 Å². The van der Waals surface area contributed by atoms with Gasteiger partial charge in [0.15, 0.2) is 5.82 Å². The number of hydrogen-bond acceptors (Lipinski definition) is 5. The van der Waals surface area contributed by atoms with Crippen LogP contribution in [0.3, 0.4) is 0 Å². The minimum Gasteiger partial charge on any atom is -0.365 e. The van der Waals surface area contributed by atoms with Crippen LogP contribution in [0.2, 0.25) is 0 Å². The van der Waals surface area contributed by atoms with Gasteiger partial charge < -0.3 is 9.80 Å². The number of pyridine rings is 1. The number of benzene rings is 2. The van der Waals surface area contributed by atoms with E-state index in [1.54, 1.807) is 6.20 Å². The number of nitrogens with zero attached hydrogens (tertiary/aromatic N) is 5. The number of aromatic nitrogens is 3. The Labute approximate surface area is 183 Å². The van der Waals surface area contributed by atoms with E-state index in [4.69, 9.17) is 5.10 Å². The Bertz CT molecular complexity index is 1170. The average Bonchev–Trinajstić information content (AvgIpc) is 2.81. The van der Waals surface area contributed by atoms with Crippen molar-refractivity contribution in [2.75, 3.05) is 29.4 Å². The van der Waals surface area contributed by atoms with E-state index in [9.17, 15) is 0 Å². The van der Waals surface area contributed by atoms with Crippen molar-refractivity contribution in [3.8, 4) is 0 Å². The van der Waals surface area contributed by atoms with Crippen molar-refractivity contribution in [1.29, 1.82) is 0 Å². The second-order valence-electron chi connectivity index (χ2n) is 8.38. The second-order valence-corrected chi connectivity index (χ2v) is 8.38. The van der Waals surface area contributed by atoms with Crippen LogP contribution in [0.15, 0.2) is 73.1 Å². The van der Waals surface area contributed by atoms with Crippen LogP contribution in [0.4, 0.5) is 11.5 Å². The molecule has 1 aliphatic heterocycles. The molecule has 0 saturated carbocycles. The van der Waals surface area contributed by atoms with Crippen LogP contribution in [0.1, 0.15) is 23.7 Å². The Hall–Kier alpha value is -3.47. The first-order chi connectivity index (χ1) is 15.2. The Morgan fingerprint density at radius 1 is 0.903 bits per heavy atom. The second kappa shape index (κ2) is 8.34. The normalized spacial score (nSPS) is 16.6. The molecule has 0 radical (unpaired) electrons. The molecule has 0 aliphatic carbocycles. The maximum absolute atomic E-state index is 4.71. The maximum Gasteiger partial charge on any atom is 0.159 e. The van der Waals surface area contributed by atoms with Gasteiger partial charge in [0, 0.05) is 61.0 Å². The summed E-state index contributed by atoms with van der Waals surface area (Å²) in [6.07, 6.45) is 4.43. The van der Waals surface area contributed by atoms with Crippen molar-refractivity contribution in [2.45, 2.75) is 26.3 Å². The minimum atomic E-state index is 0.395. The van der Waals surface area contributed by atoms with Crippen LogP contribution in [0.5, 0.6) is 0 Å². The van der Waals surface area contributed by atoms with E-state index in [1.807, 2.05) is 12.3 Å². The highest BCUT2D eigenvalue weighted by atomic mass is 15.3. The van der Waals surface area contributed by atoms with Crippen LogP contribution in [-0.2, 0) is 6.42 Å². The predicted octanol–water partition coefficient (Wildman–Crippen LogP) is 4.64. The standard InChI is InChI=1S/C26H27N5/c1-19-9-11-22(12-10-19)31-15-14-30(18-20(31)2)26-24-8-4-3-7-23(24)25(28-29-26)16-21-6-5-13-27-17-21/h3-13,17,20H,14-16,18H2,1-2H3. The molecule has 2 aromatic carbocycles. The largest absolute Gasteiger partial charge is 0.365 e. The van der Waals surface area contributed by atoms with Crippen LogP contribution in [-0.4, -0.2) is 40.9 Å². The molecule has 2 aromatic heterocycles. The molecule has 1 unspecified atom stereocenters.